The fourth-order valence-electron chi connectivity index (χ4n) is 1.05. The van der Waals surface area contributed by atoms with E-state index in [0.717, 1.165) is 7.11 Å². The summed E-state index contributed by atoms with van der Waals surface area (Å²) in [5, 5.41) is 12.9. The first-order chi connectivity index (χ1) is 8.06. The van der Waals surface area contributed by atoms with Gasteiger partial charge < -0.3 is 14.6 Å². The van der Waals surface area contributed by atoms with E-state index in [2.05, 4.69) is 14.5 Å². The molecule has 0 bridgehead atoms. The minimum atomic E-state index is -5.15. The molecule has 7 nitrogen and oxygen atoms in total. The van der Waals surface area contributed by atoms with Crippen molar-refractivity contribution in [3.8, 4) is 17.2 Å². The van der Waals surface area contributed by atoms with Crippen molar-refractivity contribution >= 4 is 10.0 Å². The Morgan fingerprint density at radius 1 is 1.39 bits per heavy atom. The number of nitrogens with zero attached hydrogens (tertiary/aromatic N) is 1. The number of aromatic nitrogens is 1. The summed E-state index contributed by atoms with van der Waals surface area (Å²) in [5.74, 6) is -3.21. The number of halogens is 3. The summed E-state index contributed by atoms with van der Waals surface area (Å²) < 4.78 is 66.2. The van der Waals surface area contributed by atoms with Crippen molar-refractivity contribution in [3.05, 3.63) is 6.20 Å². The Hall–Kier alpha value is -1.75. The highest BCUT2D eigenvalue weighted by molar-refractivity contribution is 7.89. The quantitative estimate of drug-likeness (QED) is 0.829. The summed E-state index contributed by atoms with van der Waals surface area (Å²) in [7, 11) is -3.57. The molecule has 18 heavy (non-hydrogen) atoms. The SMILES string of the molecule is COc1c(S(N)(=O)=O)ncc(O)c1OC(F)(F)F. The maximum Gasteiger partial charge on any atom is 0.573 e. The van der Waals surface area contributed by atoms with Crippen LogP contribution in [0.3, 0.4) is 0 Å². The molecule has 1 aromatic rings. The summed E-state index contributed by atoms with van der Waals surface area (Å²) in [5.41, 5.74) is 0. The Morgan fingerprint density at radius 3 is 2.33 bits per heavy atom. The second-order valence-corrected chi connectivity index (χ2v) is 4.38. The number of pyridine rings is 1. The Bertz CT molecular complexity index is 557. The van der Waals surface area contributed by atoms with E-state index in [1.165, 1.54) is 0 Å². The topological polar surface area (TPSA) is 112 Å². The molecule has 11 heteroatoms. The number of aromatic hydroxyl groups is 1. The van der Waals surface area contributed by atoms with Crippen molar-refractivity contribution < 1.29 is 36.2 Å². The first-order valence-electron chi connectivity index (χ1n) is 4.10. The Balaban J connectivity index is 3.50. The van der Waals surface area contributed by atoms with Crippen LogP contribution in [0.15, 0.2) is 11.2 Å². The molecule has 1 rings (SSSR count). The molecule has 102 valence electrons. The minimum Gasteiger partial charge on any atom is -0.503 e. The number of methoxy groups -OCH3 is 1. The van der Waals surface area contributed by atoms with Crippen molar-refractivity contribution in [2.24, 2.45) is 5.14 Å². The second kappa shape index (κ2) is 4.49. The molecule has 0 atom stereocenters. The van der Waals surface area contributed by atoms with E-state index >= 15 is 0 Å². The molecule has 0 amide bonds. The number of nitrogens with two attached hydrogens (primary N) is 1. The predicted molar refractivity (Wildman–Crippen MR) is 50.5 cm³/mol. The summed E-state index contributed by atoms with van der Waals surface area (Å²) in [6.45, 7) is 0. The van der Waals surface area contributed by atoms with Crippen LogP contribution in [0, 0.1) is 0 Å². The number of rotatable bonds is 3. The number of alkyl halides is 3. The molecule has 0 spiro atoms. The molecule has 0 aliphatic carbocycles. The number of ether oxygens (including phenoxy) is 2. The Labute approximate surface area is 99.0 Å². The smallest absolute Gasteiger partial charge is 0.503 e. The van der Waals surface area contributed by atoms with Gasteiger partial charge in [0.1, 0.15) is 0 Å². The molecule has 0 unspecified atom stereocenters. The van der Waals surface area contributed by atoms with Gasteiger partial charge in [0, 0.05) is 0 Å². The molecule has 1 aromatic heterocycles. The molecular weight excluding hydrogens is 281 g/mol. The van der Waals surface area contributed by atoms with Crippen LogP contribution in [0.4, 0.5) is 13.2 Å². The third-order valence-electron chi connectivity index (χ3n) is 1.63. The van der Waals surface area contributed by atoms with Crippen molar-refractivity contribution in [1.82, 2.24) is 4.98 Å². The van der Waals surface area contributed by atoms with Crippen LogP contribution in [0.5, 0.6) is 17.2 Å². The molecule has 0 saturated heterocycles. The van der Waals surface area contributed by atoms with E-state index in [-0.39, 0.29) is 0 Å². The molecule has 0 aliphatic heterocycles. The van der Waals surface area contributed by atoms with Gasteiger partial charge in [0.25, 0.3) is 10.0 Å². The fraction of sp³-hybridized carbons (Fsp3) is 0.286. The number of primary sulfonamides is 1. The van der Waals surface area contributed by atoms with Gasteiger partial charge in [-0.15, -0.1) is 13.2 Å². The molecule has 0 fully saturated rings. The van der Waals surface area contributed by atoms with Gasteiger partial charge in [-0.1, -0.05) is 0 Å². The maximum atomic E-state index is 12.1. The average molecular weight is 288 g/mol. The van der Waals surface area contributed by atoms with Crippen LogP contribution < -0.4 is 14.6 Å². The lowest BCUT2D eigenvalue weighted by Crippen LogP contribution is -2.20. The average Bonchev–Trinajstić information content (AvgIpc) is 2.17. The van der Waals surface area contributed by atoms with E-state index in [1.807, 2.05) is 0 Å². The van der Waals surface area contributed by atoms with Crippen molar-refractivity contribution in [2.75, 3.05) is 7.11 Å². The lowest BCUT2D eigenvalue weighted by molar-refractivity contribution is -0.275. The van der Waals surface area contributed by atoms with Crippen LogP contribution in [-0.4, -0.2) is 32.0 Å². The lowest BCUT2D eigenvalue weighted by Gasteiger charge is -2.15. The summed E-state index contributed by atoms with van der Waals surface area (Å²) >= 11 is 0. The number of hydrogen-bond donors (Lipinski definition) is 2. The van der Waals surface area contributed by atoms with Crippen molar-refractivity contribution in [2.45, 2.75) is 11.4 Å². The zero-order valence-electron chi connectivity index (χ0n) is 8.72. The van der Waals surface area contributed by atoms with E-state index in [4.69, 9.17) is 5.14 Å². The van der Waals surface area contributed by atoms with Gasteiger partial charge in [-0.05, 0) is 0 Å². The second-order valence-electron chi connectivity index (χ2n) is 2.90. The highest BCUT2D eigenvalue weighted by atomic mass is 32.2. The Morgan fingerprint density at radius 2 is 1.94 bits per heavy atom. The third kappa shape index (κ3) is 3.13. The van der Waals surface area contributed by atoms with E-state index in [1.54, 1.807) is 0 Å². The van der Waals surface area contributed by atoms with Crippen LogP contribution in [0.25, 0.3) is 0 Å². The van der Waals surface area contributed by atoms with Gasteiger partial charge in [-0.2, -0.15) is 0 Å². The number of hydrogen-bond acceptors (Lipinski definition) is 6. The first kappa shape index (κ1) is 14.3. The van der Waals surface area contributed by atoms with Gasteiger partial charge in [0.2, 0.25) is 16.5 Å². The monoisotopic (exact) mass is 288 g/mol. The molecule has 3 N–H and O–H groups in total. The van der Waals surface area contributed by atoms with Gasteiger partial charge in [-0.25, -0.2) is 18.5 Å². The lowest BCUT2D eigenvalue weighted by atomic mass is 10.4. The molecule has 1 heterocycles. The summed E-state index contributed by atoms with van der Waals surface area (Å²) in [6.07, 6.45) is -4.70. The molecule has 0 aliphatic rings. The van der Waals surface area contributed by atoms with Gasteiger partial charge in [0.15, 0.2) is 5.75 Å². The highest BCUT2D eigenvalue weighted by Gasteiger charge is 2.36. The van der Waals surface area contributed by atoms with E-state index in [0.29, 0.717) is 6.20 Å². The minimum absolute atomic E-state index is 0.448. The zero-order chi connectivity index (χ0) is 14.1. The molecule has 0 radical (unpaired) electrons. The van der Waals surface area contributed by atoms with E-state index in [9.17, 15) is 26.7 Å². The van der Waals surface area contributed by atoms with Crippen molar-refractivity contribution in [3.63, 3.8) is 0 Å². The van der Waals surface area contributed by atoms with Crippen molar-refractivity contribution in [1.29, 1.82) is 0 Å². The molecule has 0 saturated carbocycles. The third-order valence-corrected chi connectivity index (χ3v) is 2.46. The fourth-order valence-corrected chi connectivity index (χ4v) is 1.68. The van der Waals surface area contributed by atoms with Gasteiger partial charge >= 0.3 is 6.36 Å². The first-order valence-corrected chi connectivity index (χ1v) is 5.65. The van der Waals surface area contributed by atoms with Gasteiger partial charge in [-0.3, -0.25) is 0 Å². The molecule has 0 aromatic carbocycles. The van der Waals surface area contributed by atoms with Crippen LogP contribution in [0.2, 0.25) is 0 Å². The Kier molecular flexibility index (Phi) is 3.57. The van der Waals surface area contributed by atoms with Gasteiger partial charge in [0.05, 0.1) is 13.3 Å². The normalized spacial score (nSPS) is 12.3. The van der Waals surface area contributed by atoms with E-state index < -0.39 is 38.7 Å². The van der Waals surface area contributed by atoms with Crippen LogP contribution in [-0.2, 0) is 10.0 Å². The predicted octanol–water partition coefficient (Wildman–Crippen LogP) is 0.342. The zero-order valence-corrected chi connectivity index (χ0v) is 9.54. The molecular formula is C7H7F3N2O5S. The largest absolute Gasteiger partial charge is 0.573 e. The standard InChI is InChI=1S/C7H7F3N2O5S/c1-16-5-4(17-7(8,9)10)3(13)2-12-6(5)18(11,14)15/h2,13H,1H3,(H2,11,14,15). The number of sulfonamides is 1. The van der Waals surface area contributed by atoms with Crippen LogP contribution in [0.1, 0.15) is 0 Å². The highest BCUT2D eigenvalue weighted by Crippen LogP contribution is 2.42. The summed E-state index contributed by atoms with van der Waals surface area (Å²) in [6, 6.07) is 0. The maximum absolute atomic E-state index is 12.1. The summed E-state index contributed by atoms with van der Waals surface area (Å²) in [4.78, 5) is 3.18. The van der Waals surface area contributed by atoms with Crippen LogP contribution >= 0.6 is 0 Å².